The van der Waals surface area contributed by atoms with Crippen molar-refractivity contribution in [3.05, 3.63) is 64.4 Å². The SMILES string of the molecule is O=C(/C=C/c1ccsc1)OCC(=O)N1CCC(Cc2ccccc2)CC1. The summed E-state index contributed by atoms with van der Waals surface area (Å²) in [7, 11) is 0. The maximum absolute atomic E-state index is 12.2. The molecular formula is C21H23NO3S. The van der Waals surface area contributed by atoms with Crippen LogP contribution in [-0.2, 0) is 20.7 Å². The summed E-state index contributed by atoms with van der Waals surface area (Å²) in [5, 5.41) is 3.88. The van der Waals surface area contributed by atoms with E-state index in [2.05, 4.69) is 24.3 Å². The summed E-state index contributed by atoms with van der Waals surface area (Å²) < 4.78 is 5.06. The minimum absolute atomic E-state index is 0.111. The summed E-state index contributed by atoms with van der Waals surface area (Å²) in [5.41, 5.74) is 2.31. The van der Waals surface area contributed by atoms with Gasteiger partial charge < -0.3 is 9.64 Å². The molecule has 1 aliphatic rings. The second kappa shape index (κ2) is 9.34. The summed E-state index contributed by atoms with van der Waals surface area (Å²) in [6.45, 7) is 1.29. The van der Waals surface area contributed by atoms with Crippen molar-refractivity contribution < 1.29 is 14.3 Å². The van der Waals surface area contributed by atoms with Crippen LogP contribution in [0, 0.1) is 5.92 Å². The average molecular weight is 369 g/mol. The van der Waals surface area contributed by atoms with Crippen LogP contribution in [0.2, 0.25) is 0 Å². The largest absolute Gasteiger partial charge is 0.452 e. The van der Waals surface area contributed by atoms with Crippen molar-refractivity contribution in [1.29, 1.82) is 0 Å². The number of nitrogens with zero attached hydrogens (tertiary/aromatic N) is 1. The number of ether oxygens (including phenoxy) is 1. The van der Waals surface area contributed by atoms with Crippen LogP contribution in [0.15, 0.2) is 53.2 Å². The molecule has 0 unspecified atom stereocenters. The molecule has 1 fully saturated rings. The third-order valence-electron chi connectivity index (χ3n) is 4.63. The Morgan fingerprint density at radius 2 is 1.92 bits per heavy atom. The van der Waals surface area contributed by atoms with Crippen LogP contribution in [0.25, 0.3) is 6.08 Å². The van der Waals surface area contributed by atoms with Crippen molar-refractivity contribution >= 4 is 29.3 Å². The van der Waals surface area contributed by atoms with Crippen molar-refractivity contribution in [1.82, 2.24) is 4.90 Å². The highest BCUT2D eigenvalue weighted by Crippen LogP contribution is 2.21. The van der Waals surface area contributed by atoms with Crippen molar-refractivity contribution in [2.24, 2.45) is 5.92 Å². The molecule has 0 spiro atoms. The minimum Gasteiger partial charge on any atom is -0.452 e. The van der Waals surface area contributed by atoms with Crippen LogP contribution in [0.4, 0.5) is 0 Å². The van der Waals surface area contributed by atoms with E-state index in [1.807, 2.05) is 22.9 Å². The maximum Gasteiger partial charge on any atom is 0.331 e. The molecule has 1 amide bonds. The normalized spacial score (nSPS) is 15.3. The lowest BCUT2D eigenvalue weighted by molar-refractivity contribution is -0.148. The number of likely N-dealkylation sites (tertiary alicyclic amines) is 1. The molecule has 0 atom stereocenters. The van der Waals surface area contributed by atoms with Gasteiger partial charge in [-0.05, 0) is 59.2 Å². The van der Waals surface area contributed by atoms with Gasteiger partial charge in [0.05, 0.1) is 0 Å². The molecule has 1 aromatic heterocycles. The van der Waals surface area contributed by atoms with Crippen molar-refractivity contribution in [2.45, 2.75) is 19.3 Å². The molecule has 1 aromatic carbocycles. The lowest BCUT2D eigenvalue weighted by Gasteiger charge is -2.32. The highest BCUT2D eigenvalue weighted by atomic mass is 32.1. The van der Waals surface area contributed by atoms with E-state index in [9.17, 15) is 9.59 Å². The molecule has 136 valence electrons. The average Bonchev–Trinajstić information content (AvgIpc) is 3.19. The quantitative estimate of drug-likeness (QED) is 0.575. The number of benzene rings is 1. The standard InChI is InChI=1S/C21H23NO3S/c23-20(15-25-21(24)7-6-19-10-13-26-16-19)22-11-8-18(9-12-22)14-17-4-2-1-3-5-17/h1-7,10,13,16,18H,8-9,11-12,14-15H2/b7-6+. The van der Waals surface area contributed by atoms with Gasteiger partial charge in [0.1, 0.15) is 0 Å². The van der Waals surface area contributed by atoms with Gasteiger partial charge in [0.25, 0.3) is 5.91 Å². The molecule has 0 saturated carbocycles. The van der Waals surface area contributed by atoms with Gasteiger partial charge in [-0.25, -0.2) is 4.79 Å². The zero-order chi connectivity index (χ0) is 18.2. The van der Waals surface area contributed by atoms with E-state index in [-0.39, 0.29) is 12.5 Å². The summed E-state index contributed by atoms with van der Waals surface area (Å²) in [6, 6.07) is 12.4. The number of amides is 1. The number of hydrogen-bond donors (Lipinski definition) is 0. The van der Waals surface area contributed by atoms with Crippen LogP contribution >= 0.6 is 11.3 Å². The zero-order valence-corrected chi connectivity index (χ0v) is 15.5. The van der Waals surface area contributed by atoms with E-state index in [1.54, 1.807) is 22.3 Å². The van der Waals surface area contributed by atoms with E-state index in [1.165, 1.54) is 11.6 Å². The van der Waals surface area contributed by atoms with Crippen LogP contribution in [0.5, 0.6) is 0 Å². The first-order valence-electron chi connectivity index (χ1n) is 8.89. The van der Waals surface area contributed by atoms with Crippen LogP contribution < -0.4 is 0 Å². The van der Waals surface area contributed by atoms with E-state index < -0.39 is 5.97 Å². The van der Waals surface area contributed by atoms with Gasteiger partial charge in [-0.15, -0.1) is 0 Å². The number of rotatable bonds is 6. The molecule has 1 saturated heterocycles. The molecule has 5 heteroatoms. The van der Waals surface area contributed by atoms with Crippen molar-refractivity contribution in [2.75, 3.05) is 19.7 Å². The second-order valence-corrected chi connectivity index (χ2v) is 7.29. The Morgan fingerprint density at radius 3 is 2.62 bits per heavy atom. The van der Waals surface area contributed by atoms with Gasteiger partial charge in [0, 0.05) is 19.2 Å². The summed E-state index contributed by atoms with van der Waals surface area (Å²) in [6.07, 6.45) is 6.10. The van der Waals surface area contributed by atoms with Gasteiger partial charge in [-0.3, -0.25) is 4.79 Å². The Hall–Kier alpha value is -2.40. The first-order valence-corrected chi connectivity index (χ1v) is 9.84. The fourth-order valence-corrected chi connectivity index (χ4v) is 3.77. The Labute approximate surface area is 158 Å². The predicted octanol–water partition coefficient (Wildman–Crippen LogP) is 3.79. The number of esters is 1. The van der Waals surface area contributed by atoms with E-state index in [0.717, 1.165) is 37.9 Å². The van der Waals surface area contributed by atoms with E-state index >= 15 is 0 Å². The third kappa shape index (κ3) is 5.56. The first kappa shape index (κ1) is 18.4. The molecule has 4 nitrogen and oxygen atoms in total. The Bertz CT molecular complexity index is 732. The number of carbonyl (C=O) groups excluding carboxylic acids is 2. The molecule has 0 radical (unpaired) electrons. The lowest BCUT2D eigenvalue weighted by Crippen LogP contribution is -2.41. The highest BCUT2D eigenvalue weighted by molar-refractivity contribution is 7.08. The first-order chi connectivity index (χ1) is 12.7. The summed E-state index contributed by atoms with van der Waals surface area (Å²) >= 11 is 1.56. The summed E-state index contributed by atoms with van der Waals surface area (Å²) in [5.74, 6) is 0.0153. The van der Waals surface area contributed by atoms with Crippen molar-refractivity contribution in [3.63, 3.8) is 0 Å². The van der Waals surface area contributed by atoms with E-state index in [4.69, 9.17) is 4.74 Å². The van der Waals surface area contributed by atoms with Crippen LogP contribution in [0.3, 0.4) is 0 Å². The number of hydrogen-bond acceptors (Lipinski definition) is 4. The van der Waals surface area contributed by atoms with Crippen LogP contribution in [-0.4, -0.2) is 36.5 Å². The second-order valence-electron chi connectivity index (χ2n) is 6.51. The molecule has 26 heavy (non-hydrogen) atoms. The number of thiophene rings is 1. The van der Waals surface area contributed by atoms with E-state index in [0.29, 0.717) is 5.92 Å². The highest BCUT2D eigenvalue weighted by Gasteiger charge is 2.23. The summed E-state index contributed by atoms with van der Waals surface area (Å²) in [4.78, 5) is 25.7. The molecule has 0 aliphatic carbocycles. The molecule has 2 heterocycles. The van der Waals surface area contributed by atoms with Crippen LogP contribution in [0.1, 0.15) is 24.0 Å². The lowest BCUT2D eigenvalue weighted by atomic mass is 9.90. The number of carbonyl (C=O) groups is 2. The van der Waals surface area contributed by atoms with Gasteiger partial charge >= 0.3 is 5.97 Å². The molecule has 3 rings (SSSR count). The molecule has 2 aromatic rings. The fraction of sp³-hybridized carbons (Fsp3) is 0.333. The Morgan fingerprint density at radius 1 is 1.15 bits per heavy atom. The van der Waals surface area contributed by atoms with Crippen molar-refractivity contribution in [3.8, 4) is 0 Å². The molecular weight excluding hydrogens is 346 g/mol. The Kier molecular flexibility index (Phi) is 6.61. The molecule has 1 aliphatic heterocycles. The third-order valence-corrected chi connectivity index (χ3v) is 5.33. The maximum atomic E-state index is 12.2. The van der Waals surface area contributed by atoms with Gasteiger partial charge in [0.15, 0.2) is 6.61 Å². The van der Waals surface area contributed by atoms with Gasteiger partial charge in [-0.2, -0.15) is 11.3 Å². The molecule has 0 N–H and O–H groups in total. The predicted molar refractivity (Wildman–Crippen MR) is 104 cm³/mol. The Balaban J connectivity index is 1.37. The monoisotopic (exact) mass is 369 g/mol. The number of piperidine rings is 1. The topological polar surface area (TPSA) is 46.6 Å². The fourth-order valence-electron chi connectivity index (χ4n) is 3.14. The molecule has 0 bridgehead atoms. The smallest absolute Gasteiger partial charge is 0.331 e. The van der Waals surface area contributed by atoms with Gasteiger partial charge in [-0.1, -0.05) is 30.3 Å². The van der Waals surface area contributed by atoms with Gasteiger partial charge in [0.2, 0.25) is 0 Å². The zero-order valence-electron chi connectivity index (χ0n) is 14.7. The minimum atomic E-state index is -0.483.